The lowest BCUT2D eigenvalue weighted by Crippen LogP contribution is -2.17. The van der Waals surface area contributed by atoms with Crippen LogP contribution in [0.2, 0.25) is 0 Å². The molecule has 0 amide bonds. The summed E-state index contributed by atoms with van der Waals surface area (Å²) in [5.41, 5.74) is 2.50. The molecule has 0 unspecified atom stereocenters. The van der Waals surface area contributed by atoms with Crippen molar-refractivity contribution >= 4 is 16.8 Å². The Morgan fingerprint density at radius 2 is 1.65 bits per heavy atom. The molecular formula is C27H23FO6. The van der Waals surface area contributed by atoms with Crippen molar-refractivity contribution in [2.75, 3.05) is 20.8 Å². The third-order valence-corrected chi connectivity index (χ3v) is 5.44. The molecule has 1 aromatic heterocycles. The molecule has 0 atom stereocenters. The number of fused-ring (bicyclic) bond motifs is 1. The zero-order valence-electron chi connectivity index (χ0n) is 19.2. The minimum Gasteiger partial charge on any atom is -0.493 e. The molecule has 0 N–H and O–H groups in total. The largest absolute Gasteiger partial charge is 0.493 e. The maximum absolute atomic E-state index is 13.5. The molecule has 4 aromatic rings. The van der Waals surface area contributed by atoms with Gasteiger partial charge >= 0.3 is 0 Å². The Labute approximate surface area is 195 Å². The molecule has 1 heterocycles. The second kappa shape index (κ2) is 9.39. The minimum absolute atomic E-state index is 0.0971. The predicted molar refractivity (Wildman–Crippen MR) is 127 cm³/mol. The van der Waals surface area contributed by atoms with Crippen LogP contribution in [0.4, 0.5) is 4.39 Å². The van der Waals surface area contributed by atoms with Gasteiger partial charge in [0.2, 0.25) is 11.2 Å². The van der Waals surface area contributed by atoms with E-state index in [1.807, 2.05) is 19.9 Å². The molecule has 0 saturated heterocycles. The topological polar surface area (TPSA) is 75.0 Å². The van der Waals surface area contributed by atoms with Crippen LogP contribution in [0.1, 0.15) is 21.5 Å². The maximum atomic E-state index is 13.5. The fraction of sp³-hybridized carbons (Fsp3) is 0.185. The number of hydrogen-bond donors (Lipinski definition) is 0. The normalized spacial score (nSPS) is 10.9. The molecule has 0 saturated carbocycles. The lowest BCUT2D eigenvalue weighted by Gasteiger charge is -2.14. The molecule has 6 nitrogen and oxygen atoms in total. The van der Waals surface area contributed by atoms with Crippen LogP contribution in [0, 0.1) is 19.7 Å². The molecule has 0 bridgehead atoms. The van der Waals surface area contributed by atoms with Crippen LogP contribution >= 0.6 is 0 Å². The quantitative estimate of drug-likeness (QED) is 0.338. The zero-order valence-corrected chi connectivity index (χ0v) is 19.2. The third-order valence-electron chi connectivity index (χ3n) is 5.44. The summed E-state index contributed by atoms with van der Waals surface area (Å²) in [5.74, 6) is 0.164. The number of hydrogen-bond acceptors (Lipinski definition) is 6. The number of methoxy groups -OCH3 is 2. The van der Waals surface area contributed by atoms with Crippen LogP contribution in [0.3, 0.4) is 0 Å². The van der Waals surface area contributed by atoms with E-state index in [1.54, 1.807) is 24.3 Å². The summed E-state index contributed by atoms with van der Waals surface area (Å²) >= 11 is 0. The first-order chi connectivity index (χ1) is 16.3. The molecule has 3 aromatic carbocycles. The summed E-state index contributed by atoms with van der Waals surface area (Å²) in [5, 5.41) is 0.353. The van der Waals surface area contributed by atoms with Crippen molar-refractivity contribution in [1.29, 1.82) is 0 Å². The van der Waals surface area contributed by atoms with Gasteiger partial charge in [-0.15, -0.1) is 0 Å². The van der Waals surface area contributed by atoms with E-state index in [0.29, 0.717) is 28.0 Å². The first-order valence-corrected chi connectivity index (χ1v) is 10.5. The second-order valence-corrected chi connectivity index (χ2v) is 7.84. The van der Waals surface area contributed by atoms with Gasteiger partial charge in [-0.25, -0.2) is 4.39 Å². The summed E-state index contributed by atoms with van der Waals surface area (Å²) in [6.07, 6.45) is 0. The SMILES string of the molecule is COc1ccc(-c2oc3c(C)cc(C)cc3c(=O)c2OCC(=O)c2ccc(F)cc2)cc1OC. The van der Waals surface area contributed by atoms with Crippen molar-refractivity contribution < 1.29 is 27.8 Å². The van der Waals surface area contributed by atoms with E-state index in [1.165, 1.54) is 38.5 Å². The average Bonchev–Trinajstić information content (AvgIpc) is 2.83. The van der Waals surface area contributed by atoms with E-state index >= 15 is 0 Å². The van der Waals surface area contributed by atoms with Crippen LogP contribution in [0.5, 0.6) is 17.2 Å². The van der Waals surface area contributed by atoms with Crippen LogP contribution in [-0.2, 0) is 0 Å². The molecule has 34 heavy (non-hydrogen) atoms. The van der Waals surface area contributed by atoms with Gasteiger partial charge in [0.25, 0.3) is 0 Å². The number of benzene rings is 3. The van der Waals surface area contributed by atoms with Crippen LogP contribution < -0.4 is 19.6 Å². The van der Waals surface area contributed by atoms with Crippen molar-refractivity contribution in [3.05, 3.63) is 87.3 Å². The smallest absolute Gasteiger partial charge is 0.235 e. The Hall–Kier alpha value is -4.13. The van der Waals surface area contributed by atoms with Gasteiger partial charge in [-0.1, -0.05) is 6.07 Å². The fourth-order valence-electron chi connectivity index (χ4n) is 3.79. The third kappa shape index (κ3) is 4.37. The van der Waals surface area contributed by atoms with Gasteiger partial charge in [0.1, 0.15) is 11.4 Å². The van der Waals surface area contributed by atoms with Gasteiger partial charge in [0.05, 0.1) is 19.6 Å². The van der Waals surface area contributed by atoms with Gasteiger partial charge < -0.3 is 18.6 Å². The number of rotatable bonds is 7. The number of Topliss-reactive ketones (excluding diaryl/α,β-unsaturated/α-hetero) is 1. The predicted octanol–water partition coefficient (Wildman–Crippen LogP) is 5.49. The van der Waals surface area contributed by atoms with E-state index in [4.69, 9.17) is 18.6 Å². The number of aryl methyl sites for hydroxylation is 2. The Morgan fingerprint density at radius 1 is 0.941 bits per heavy atom. The van der Waals surface area contributed by atoms with E-state index in [0.717, 1.165) is 11.1 Å². The van der Waals surface area contributed by atoms with E-state index < -0.39 is 23.6 Å². The van der Waals surface area contributed by atoms with Gasteiger partial charge in [0, 0.05) is 11.1 Å². The molecule has 7 heteroatoms. The van der Waals surface area contributed by atoms with Crippen LogP contribution in [0.25, 0.3) is 22.3 Å². The molecule has 0 aliphatic carbocycles. The zero-order chi connectivity index (χ0) is 24.4. The Bertz CT molecular complexity index is 1440. The Kier molecular flexibility index (Phi) is 6.36. The fourth-order valence-corrected chi connectivity index (χ4v) is 3.79. The summed E-state index contributed by atoms with van der Waals surface area (Å²) in [7, 11) is 3.03. The molecule has 0 spiro atoms. The lowest BCUT2D eigenvalue weighted by molar-refractivity contribution is 0.0920. The highest BCUT2D eigenvalue weighted by molar-refractivity contribution is 5.97. The first-order valence-electron chi connectivity index (χ1n) is 10.5. The van der Waals surface area contributed by atoms with Crippen molar-refractivity contribution in [1.82, 2.24) is 0 Å². The highest BCUT2D eigenvalue weighted by Crippen LogP contribution is 2.37. The molecule has 0 fully saturated rings. The number of halogens is 1. The molecule has 0 aliphatic rings. The minimum atomic E-state index is -0.450. The van der Waals surface area contributed by atoms with E-state index in [2.05, 4.69) is 0 Å². The number of carbonyl (C=O) groups excluding carboxylic acids is 1. The van der Waals surface area contributed by atoms with E-state index in [-0.39, 0.29) is 17.1 Å². The number of ketones is 1. The van der Waals surface area contributed by atoms with Crippen LogP contribution in [-0.4, -0.2) is 26.6 Å². The molecule has 174 valence electrons. The van der Waals surface area contributed by atoms with Crippen molar-refractivity contribution in [2.45, 2.75) is 13.8 Å². The molecule has 4 rings (SSSR count). The summed E-state index contributed by atoms with van der Waals surface area (Å²) in [6.45, 7) is 3.31. The summed E-state index contributed by atoms with van der Waals surface area (Å²) < 4.78 is 35.9. The van der Waals surface area contributed by atoms with Crippen LogP contribution in [0.15, 0.2) is 63.8 Å². The van der Waals surface area contributed by atoms with Gasteiger partial charge in [-0.05, 0) is 73.5 Å². The maximum Gasteiger partial charge on any atom is 0.235 e. The highest BCUT2D eigenvalue weighted by atomic mass is 19.1. The first kappa shape index (κ1) is 23.0. The van der Waals surface area contributed by atoms with E-state index in [9.17, 15) is 14.0 Å². The van der Waals surface area contributed by atoms with Gasteiger partial charge in [-0.2, -0.15) is 0 Å². The number of carbonyl (C=O) groups is 1. The molecule has 0 aliphatic heterocycles. The monoisotopic (exact) mass is 462 g/mol. The Balaban J connectivity index is 1.85. The summed E-state index contributed by atoms with van der Waals surface area (Å²) in [6, 6.07) is 13.8. The van der Waals surface area contributed by atoms with Gasteiger partial charge in [0.15, 0.2) is 29.6 Å². The lowest BCUT2D eigenvalue weighted by atomic mass is 10.0. The van der Waals surface area contributed by atoms with Crippen molar-refractivity contribution in [3.63, 3.8) is 0 Å². The molecule has 0 radical (unpaired) electrons. The van der Waals surface area contributed by atoms with Crippen molar-refractivity contribution in [2.24, 2.45) is 0 Å². The standard InChI is InChI=1S/C27H23FO6/c1-15-11-16(2)25-20(12-15)24(30)27(33-14-21(29)17-5-8-19(28)9-6-17)26(34-25)18-7-10-22(31-3)23(13-18)32-4/h5-13H,14H2,1-4H3. The Morgan fingerprint density at radius 3 is 2.32 bits per heavy atom. The average molecular weight is 462 g/mol. The van der Waals surface area contributed by atoms with Gasteiger partial charge in [-0.3, -0.25) is 9.59 Å². The van der Waals surface area contributed by atoms with Crippen molar-refractivity contribution in [3.8, 4) is 28.6 Å². The molecular weight excluding hydrogens is 439 g/mol. The highest BCUT2D eigenvalue weighted by Gasteiger charge is 2.21. The second-order valence-electron chi connectivity index (χ2n) is 7.84. The summed E-state index contributed by atoms with van der Waals surface area (Å²) in [4.78, 5) is 26.1. The number of ether oxygens (including phenoxy) is 3.